The lowest BCUT2D eigenvalue weighted by Gasteiger charge is -2.26. The highest BCUT2D eigenvalue weighted by molar-refractivity contribution is 6.09. The quantitative estimate of drug-likeness (QED) is 0.748. The number of para-hydroxylation sites is 1. The fourth-order valence-electron chi connectivity index (χ4n) is 3.29. The van der Waals surface area contributed by atoms with Gasteiger partial charge in [0.25, 0.3) is 0 Å². The first-order chi connectivity index (χ1) is 11.9. The topological polar surface area (TPSA) is 85.8 Å². The number of hydrogen-bond donors (Lipinski definition) is 2. The van der Waals surface area contributed by atoms with Gasteiger partial charge < -0.3 is 11.1 Å². The first-order valence-electron chi connectivity index (χ1n) is 8.71. The van der Waals surface area contributed by atoms with Crippen LogP contribution in [0.2, 0.25) is 0 Å². The Morgan fingerprint density at radius 2 is 2.00 bits per heavy atom. The van der Waals surface area contributed by atoms with Crippen LogP contribution in [0.25, 0.3) is 21.8 Å². The van der Waals surface area contributed by atoms with E-state index in [1.807, 2.05) is 49.7 Å². The number of benzene rings is 1. The van der Waals surface area contributed by atoms with Gasteiger partial charge in [-0.05, 0) is 26.8 Å². The van der Waals surface area contributed by atoms with E-state index < -0.39 is 0 Å². The van der Waals surface area contributed by atoms with Gasteiger partial charge in [-0.2, -0.15) is 5.10 Å². The fourth-order valence-corrected chi connectivity index (χ4v) is 3.29. The molecular weight excluding hydrogens is 314 g/mol. The van der Waals surface area contributed by atoms with Gasteiger partial charge >= 0.3 is 0 Å². The summed E-state index contributed by atoms with van der Waals surface area (Å²) < 4.78 is 1.97. The number of anilines is 1. The first kappa shape index (κ1) is 17.2. The normalized spacial score (nSPS) is 12.0. The van der Waals surface area contributed by atoms with E-state index >= 15 is 0 Å². The van der Waals surface area contributed by atoms with Gasteiger partial charge in [-0.3, -0.25) is 9.48 Å². The smallest absolute Gasteiger partial charge is 0.220 e. The molecule has 0 saturated heterocycles. The number of hydrogen-bond acceptors (Lipinski definition) is 4. The van der Waals surface area contributed by atoms with Crippen molar-refractivity contribution >= 4 is 33.5 Å². The molecule has 0 radical (unpaired) electrons. The van der Waals surface area contributed by atoms with Crippen molar-refractivity contribution in [2.75, 3.05) is 5.73 Å². The third-order valence-electron chi connectivity index (χ3n) is 4.42. The maximum atomic E-state index is 11.9. The Labute approximate surface area is 147 Å². The molecule has 1 aromatic carbocycles. The Bertz CT molecular complexity index is 942. The summed E-state index contributed by atoms with van der Waals surface area (Å²) in [5.41, 5.74) is 8.45. The standard InChI is InChI=1S/C19H25N5O/c1-5-15(25)22-19(3,4)11-14-16-12-9-7-8-10-13(12)21-18(20)17(16)23-24(14)6-2/h7-10H,5-6,11H2,1-4H3,(H2,20,21)(H,22,25). The van der Waals surface area contributed by atoms with E-state index in [0.29, 0.717) is 18.7 Å². The van der Waals surface area contributed by atoms with Gasteiger partial charge in [0.05, 0.1) is 5.52 Å². The molecule has 2 heterocycles. The van der Waals surface area contributed by atoms with Crippen LogP contribution in [0.15, 0.2) is 24.3 Å². The number of nitrogen functional groups attached to an aromatic ring is 1. The van der Waals surface area contributed by atoms with E-state index in [1.54, 1.807) is 0 Å². The number of carbonyl (C=O) groups excluding carboxylic acids is 1. The van der Waals surface area contributed by atoms with Crippen molar-refractivity contribution in [3.05, 3.63) is 30.0 Å². The average Bonchev–Trinajstić information content (AvgIpc) is 2.93. The number of rotatable bonds is 5. The average molecular weight is 339 g/mol. The van der Waals surface area contributed by atoms with Crippen LogP contribution in [-0.2, 0) is 17.8 Å². The molecular formula is C19H25N5O. The summed E-state index contributed by atoms with van der Waals surface area (Å²) in [5, 5.41) is 9.85. The number of aromatic nitrogens is 3. The number of aryl methyl sites for hydroxylation is 1. The fraction of sp³-hybridized carbons (Fsp3) is 0.421. The molecule has 1 amide bonds. The Hall–Kier alpha value is -2.63. The molecule has 132 valence electrons. The Morgan fingerprint density at radius 3 is 2.68 bits per heavy atom. The summed E-state index contributed by atoms with van der Waals surface area (Å²) in [6, 6.07) is 7.96. The Balaban J connectivity index is 2.21. The Kier molecular flexibility index (Phi) is 4.37. The third kappa shape index (κ3) is 3.16. The molecule has 0 fully saturated rings. The second kappa shape index (κ2) is 6.35. The summed E-state index contributed by atoms with van der Waals surface area (Å²) in [5.74, 6) is 0.487. The van der Waals surface area contributed by atoms with Crippen molar-refractivity contribution in [2.45, 2.75) is 52.6 Å². The van der Waals surface area contributed by atoms with Gasteiger partial charge in [0.15, 0.2) is 5.82 Å². The first-order valence-corrected chi connectivity index (χ1v) is 8.71. The van der Waals surface area contributed by atoms with Crippen molar-refractivity contribution in [1.82, 2.24) is 20.1 Å². The lowest BCUT2D eigenvalue weighted by Crippen LogP contribution is -2.45. The number of carbonyl (C=O) groups is 1. The van der Waals surface area contributed by atoms with E-state index in [-0.39, 0.29) is 11.4 Å². The molecule has 0 atom stereocenters. The van der Waals surface area contributed by atoms with E-state index in [9.17, 15) is 4.79 Å². The molecule has 25 heavy (non-hydrogen) atoms. The summed E-state index contributed by atoms with van der Waals surface area (Å²) in [4.78, 5) is 16.4. The van der Waals surface area contributed by atoms with Crippen molar-refractivity contribution in [3.8, 4) is 0 Å². The van der Waals surface area contributed by atoms with Crippen LogP contribution in [0.3, 0.4) is 0 Å². The molecule has 0 spiro atoms. The van der Waals surface area contributed by atoms with Crippen LogP contribution in [0.4, 0.5) is 5.82 Å². The molecule has 3 rings (SSSR count). The molecule has 2 aromatic heterocycles. The zero-order valence-corrected chi connectivity index (χ0v) is 15.3. The van der Waals surface area contributed by atoms with E-state index in [0.717, 1.165) is 34.0 Å². The Morgan fingerprint density at radius 1 is 1.28 bits per heavy atom. The second-order valence-electron chi connectivity index (χ2n) is 6.96. The highest BCUT2D eigenvalue weighted by Crippen LogP contribution is 2.32. The molecule has 0 aliphatic rings. The molecule has 0 aliphatic heterocycles. The van der Waals surface area contributed by atoms with E-state index in [4.69, 9.17) is 5.73 Å². The van der Waals surface area contributed by atoms with Crippen LogP contribution in [0, 0.1) is 0 Å². The number of fused-ring (bicyclic) bond motifs is 3. The number of nitrogens with two attached hydrogens (primary N) is 1. The van der Waals surface area contributed by atoms with Crippen LogP contribution >= 0.6 is 0 Å². The predicted octanol–water partition coefficient (Wildman–Crippen LogP) is 3.03. The highest BCUT2D eigenvalue weighted by Gasteiger charge is 2.26. The monoisotopic (exact) mass is 339 g/mol. The molecule has 0 aliphatic carbocycles. The zero-order valence-electron chi connectivity index (χ0n) is 15.3. The van der Waals surface area contributed by atoms with E-state index in [1.165, 1.54) is 0 Å². The molecule has 3 aromatic rings. The number of nitrogens with zero attached hydrogens (tertiary/aromatic N) is 3. The van der Waals surface area contributed by atoms with Crippen molar-refractivity contribution < 1.29 is 4.79 Å². The second-order valence-corrected chi connectivity index (χ2v) is 6.96. The summed E-state index contributed by atoms with van der Waals surface area (Å²) in [6.07, 6.45) is 1.13. The van der Waals surface area contributed by atoms with Crippen molar-refractivity contribution in [3.63, 3.8) is 0 Å². The van der Waals surface area contributed by atoms with Gasteiger partial charge in [0.2, 0.25) is 5.91 Å². The van der Waals surface area contributed by atoms with Crippen molar-refractivity contribution in [2.24, 2.45) is 0 Å². The number of pyridine rings is 1. The molecule has 6 nitrogen and oxygen atoms in total. The van der Waals surface area contributed by atoms with Crippen molar-refractivity contribution in [1.29, 1.82) is 0 Å². The van der Waals surface area contributed by atoms with Gasteiger partial charge in [-0.15, -0.1) is 0 Å². The predicted molar refractivity (Wildman–Crippen MR) is 101 cm³/mol. The summed E-state index contributed by atoms with van der Waals surface area (Å²) in [7, 11) is 0. The molecule has 0 bridgehead atoms. The lowest BCUT2D eigenvalue weighted by molar-refractivity contribution is -0.122. The minimum atomic E-state index is -0.383. The van der Waals surface area contributed by atoms with Gasteiger partial charge in [-0.1, -0.05) is 25.1 Å². The maximum absolute atomic E-state index is 11.9. The molecule has 3 N–H and O–H groups in total. The maximum Gasteiger partial charge on any atom is 0.220 e. The number of amides is 1. The number of nitrogens with one attached hydrogen (secondary N) is 1. The minimum Gasteiger partial charge on any atom is -0.382 e. The van der Waals surface area contributed by atoms with Gasteiger partial charge in [-0.25, -0.2) is 4.98 Å². The highest BCUT2D eigenvalue weighted by atomic mass is 16.1. The summed E-state index contributed by atoms with van der Waals surface area (Å²) in [6.45, 7) is 8.71. The van der Waals surface area contributed by atoms with Gasteiger partial charge in [0, 0.05) is 41.4 Å². The van der Waals surface area contributed by atoms with Crippen LogP contribution in [0.1, 0.15) is 39.8 Å². The van der Waals surface area contributed by atoms with Crippen LogP contribution in [0.5, 0.6) is 0 Å². The molecule has 0 saturated carbocycles. The lowest BCUT2D eigenvalue weighted by atomic mass is 9.95. The molecule has 0 unspecified atom stereocenters. The minimum absolute atomic E-state index is 0.0444. The zero-order chi connectivity index (χ0) is 18.2. The largest absolute Gasteiger partial charge is 0.382 e. The summed E-state index contributed by atoms with van der Waals surface area (Å²) >= 11 is 0. The van der Waals surface area contributed by atoms with Crippen LogP contribution < -0.4 is 11.1 Å². The van der Waals surface area contributed by atoms with Crippen LogP contribution in [-0.4, -0.2) is 26.2 Å². The van der Waals surface area contributed by atoms with Gasteiger partial charge in [0.1, 0.15) is 5.52 Å². The third-order valence-corrected chi connectivity index (χ3v) is 4.42. The SMILES string of the molecule is CCC(=O)NC(C)(C)Cc1c2c(nn1CC)c(N)nc1ccccc12. The van der Waals surface area contributed by atoms with E-state index in [2.05, 4.69) is 22.3 Å². The molecule has 6 heteroatoms.